The molecule has 0 rings (SSSR count). The fourth-order valence-corrected chi connectivity index (χ4v) is 0.425. The van der Waals surface area contributed by atoms with Crippen molar-refractivity contribution in [2.75, 3.05) is 26.7 Å². The van der Waals surface area contributed by atoms with Gasteiger partial charge in [0.05, 0.1) is 0 Å². The minimum absolute atomic E-state index is 0.389. The van der Waals surface area contributed by atoms with Crippen LogP contribution in [-0.2, 0) is 10.1 Å². The van der Waals surface area contributed by atoms with Crippen LogP contribution in [-0.4, -0.2) is 51.1 Å². The summed E-state index contributed by atoms with van der Waals surface area (Å²) >= 11 is 0. The molecule has 0 heterocycles. The normalized spacial score (nSPS) is 14.1. The van der Waals surface area contributed by atoms with Crippen molar-refractivity contribution in [1.29, 1.82) is 0 Å². The van der Waals surface area contributed by atoms with Gasteiger partial charge in [-0.05, 0) is 0 Å². The number of halogens is 5. The highest BCUT2D eigenvalue weighted by molar-refractivity contribution is 7.86. The lowest BCUT2D eigenvalue weighted by molar-refractivity contribution is -0.243. The summed E-state index contributed by atoms with van der Waals surface area (Å²) in [6.07, 6.45) is -6.35. The molecule has 100 valence electrons. The van der Waals surface area contributed by atoms with Crippen LogP contribution < -0.4 is 0 Å². The molecule has 16 heavy (non-hydrogen) atoms. The van der Waals surface area contributed by atoms with Crippen LogP contribution in [0.2, 0.25) is 0 Å². The Hall–Kier alpha value is -0.0100. The maximum atomic E-state index is 11.4. The van der Waals surface area contributed by atoms with Crippen LogP contribution in [0.4, 0.5) is 22.0 Å². The summed E-state index contributed by atoms with van der Waals surface area (Å²) < 4.78 is 83.6. The molecule has 0 aromatic heterocycles. The van der Waals surface area contributed by atoms with Gasteiger partial charge in [0, 0.05) is 33.9 Å². The molecule has 0 aliphatic heterocycles. The first-order chi connectivity index (χ1) is 6.50. The number of alkyl halides is 5. The molecule has 0 radical (unpaired) electrons. The third kappa shape index (κ3) is 7.29. The predicted octanol–water partition coefficient (Wildman–Crippen LogP) is 2.21. The topological polar surface area (TPSA) is 57.2 Å². The first-order valence-corrected chi connectivity index (χ1v) is 8.67. The highest BCUT2D eigenvalue weighted by Gasteiger charge is 2.63. The summed E-state index contributed by atoms with van der Waals surface area (Å²) in [5.41, 5.74) is 0. The van der Waals surface area contributed by atoms with Gasteiger partial charge in [0.1, 0.15) is 0 Å². The standard InChI is InChI=1S/C4H12P.C2HF5O3S/c1-5(2,3)4;3-1(4,5)2(6,7)11(8,9)10/h1-4H3;(H,8,9,10)/q+1;/p-1. The Morgan fingerprint density at radius 1 is 0.938 bits per heavy atom. The third-order valence-electron chi connectivity index (χ3n) is 0.644. The Labute approximate surface area is 91.1 Å². The fourth-order valence-electron chi connectivity index (χ4n) is 0.142. The molecule has 0 fully saturated rings. The molecule has 0 aliphatic carbocycles. The monoisotopic (exact) mass is 290 g/mol. The second-order valence-corrected chi connectivity index (χ2v) is 10.9. The zero-order valence-corrected chi connectivity index (χ0v) is 10.7. The van der Waals surface area contributed by atoms with Crippen molar-refractivity contribution >= 4 is 17.4 Å². The molecule has 0 atom stereocenters. The lowest BCUT2D eigenvalue weighted by atomic mass is 10.7. The molecule has 3 nitrogen and oxygen atoms in total. The Morgan fingerprint density at radius 2 is 1.12 bits per heavy atom. The molecule has 0 saturated carbocycles. The van der Waals surface area contributed by atoms with E-state index >= 15 is 0 Å². The van der Waals surface area contributed by atoms with Gasteiger partial charge in [0.15, 0.2) is 10.1 Å². The van der Waals surface area contributed by atoms with Crippen LogP contribution in [0.1, 0.15) is 0 Å². The second kappa shape index (κ2) is 5.10. The summed E-state index contributed by atoms with van der Waals surface area (Å²) in [5, 5.41) is -6.21. The summed E-state index contributed by atoms with van der Waals surface area (Å²) in [6, 6.07) is 0. The van der Waals surface area contributed by atoms with E-state index in [-0.39, 0.29) is 7.26 Å². The van der Waals surface area contributed by atoms with Gasteiger partial charge >= 0.3 is 11.4 Å². The molecule has 0 aliphatic rings. The van der Waals surface area contributed by atoms with E-state index in [4.69, 9.17) is 0 Å². The molecular weight excluding hydrogens is 278 g/mol. The van der Waals surface area contributed by atoms with E-state index in [0.29, 0.717) is 0 Å². The smallest absolute Gasteiger partial charge is 0.468 e. The molecule has 10 heteroatoms. The zero-order chi connectivity index (χ0) is 14.0. The van der Waals surface area contributed by atoms with E-state index in [1.807, 2.05) is 0 Å². The van der Waals surface area contributed by atoms with Gasteiger partial charge in [-0.1, -0.05) is 0 Å². The molecule has 0 unspecified atom stereocenters. The Kier molecular flexibility index (Phi) is 5.85. The van der Waals surface area contributed by atoms with Gasteiger partial charge in [0.25, 0.3) is 0 Å². The minimum atomic E-state index is -6.67. The minimum Gasteiger partial charge on any atom is -0.743 e. The van der Waals surface area contributed by atoms with Crippen LogP contribution in [0.3, 0.4) is 0 Å². The van der Waals surface area contributed by atoms with Crippen molar-refractivity contribution in [3.63, 3.8) is 0 Å². The fraction of sp³-hybridized carbons (Fsp3) is 1.00. The molecule has 0 bridgehead atoms. The molecule has 0 saturated heterocycles. The van der Waals surface area contributed by atoms with Crippen molar-refractivity contribution in [1.82, 2.24) is 0 Å². The van der Waals surface area contributed by atoms with Crippen molar-refractivity contribution in [2.24, 2.45) is 0 Å². The molecule has 0 aromatic carbocycles. The number of rotatable bonds is 1. The third-order valence-corrected chi connectivity index (χ3v) is 1.50. The highest BCUT2D eigenvalue weighted by atomic mass is 32.2. The van der Waals surface area contributed by atoms with Crippen LogP contribution in [0.5, 0.6) is 0 Å². The number of hydrogen-bond donors (Lipinski definition) is 0. The summed E-state index contributed by atoms with van der Waals surface area (Å²) in [7, 11) is -7.06. The zero-order valence-electron chi connectivity index (χ0n) is 8.97. The van der Waals surface area contributed by atoms with Crippen molar-refractivity contribution in [3.05, 3.63) is 0 Å². The van der Waals surface area contributed by atoms with E-state index in [0.717, 1.165) is 0 Å². The average molecular weight is 290 g/mol. The average Bonchev–Trinajstić information content (AvgIpc) is 1.76. The Balaban J connectivity index is 0. The molecule has 0 aromatic rings. The second-order valence-electron chi connectivity index (χ2n) is 4.15. The van der Waals surface area contributed by atoms with Gasteiger partial charge in [-0.2, -0.15) is 22.0 Å². The number of hydrogen-bond acceptors (Lipinski definition) is 3. The largest absolute Gasteiger partial charge is 0.743 e. The van der Waals surface area contributed by atoms with Gasteiger partial charge in [-0.15, -0.1) is 0 Å². The maximum absolute atomic E-state index is 11.4. The lowest BCUT2D eigenvalue weighted by Crippen LogP contribution is -2.43. The van der Waals surface area contributed by atoms with E-state index in [2.05, 4.69) is 26.7 Å². The summed E-state index contributed by atoms with van der Waals surface area (Å²) in [5.74, 6) is 0. The van der Waals surface area contributed by atoms with Crippen molar-refractivity contribution < 1.29 is 34.9 Å². The molecule has 0 amide bonds. The van der Waals surface area contributed by atoms with Crippen LogP contribution in [0.15, 0.2) is 0 Å². The van der Waals surface area contributed by atoms with E-state index in [1.165, 1.54) is 0 Å². The van der Waals surface area contributed by atoms with Crippen molar-refractivity contribution in [2.45, 2.75) is 11.4 Å². The first-order valence-electron chi connectivity index (χ1n) is 3.69. The van der Waals surface area contributed by atoms with Gasteiger partial charge in [0.2, 0.25) is 0 Å². The summed E-state index contributed by atoms with van der Waals surface area (Å²) in [4.78, 5) is 0. The van der Waals surface area contributed by atoms with Gasteiger partial charge in [-0.3, -0.25) is 0 Å². The van der Waals surface area contributed by atoms with Crippen molar-refractivity contribution in [3.8, 4) is 0 Å². The maximum Gasteiger partial charge on any atom is 0.468 e. The summed E-state index contributed by atoms with van der Waals surface area (Å²) in [6.45, 7) is 9.19. The first kappa shape index (κ1) is 18.4. The molecular formula is C6H12F5O3PS. The van der Waals surface area contributed by atoms with Crippen LogP contribution in [0, 0.1) is 0 Å². The van der Waals surface area contributed by atoms with Gasteiger partial charge in [-0.25, -0.2) is 8.42 Å². The van der Waals surface area contributed by atoms with Crippen LogP contribution in [0.25, 0.3) is 0 Å². The van der Waals surface area contributed by atoms with E-state index < -0.39 is 21.5 Å². The Morgan fingerprint density at radius 3 is 1.12 bits per heavy atom. The Bertz CT molecular complexity index is 310. The van der Waals surface area contributed by atoms with Crippen LogP contribution >= 0.6 is 7.26 Å². The molecule has 0 spiro atoms. The van der Waals surface area contributed by atoms with E-state index in [9.17, 15) is 34.9 Å². The van der Waals surface area contributed by atoms with E-state index in [1.54, 1.807) is 0 Å². The lowest BCUT2D eigenvalue weighted by Gasteiger charge is -2.21. The highest BCUT2D eigenvalue weighted by Crippen LogP contribution is 2.40. The quantitative estimate of drug-likeness (QED) is 0.422. The SMILES string of the molecule is C[P+](C)(C)C.O=S(=O)([O-])C(F)(F)C(F)(F)F. The predicted molar refractivity (Wildman–Crippen MR) is 51.3 cm³/mol. The molecule has 0 N–H and O–H groups in total. The van der Waals surface area contributed by atoms with Gasteiger partial charge < -0.3 is 4.55 Å².